The average Bonchev–Trinajstić information content (AvgIpc) is 2.48. The van der Waals surface area contributed by atoms with E-state index in [2.05, 4.69) is 0 Å². The van der Waals surface area contributed by atoms with Crippen molar-refractivity contribution >= 4 is 43.2 Å². The Hall–Kier alpha value is -1.16. The lowest BCUT2D eigenvalue weighted by Gasteiger charge is -2.10. The zero-order chi connectivity index (χ0) is 17.3. The van der Waals surface area contributed by atoms with Crippen molar-refractivity contribution in [1.82, 2.24) is 9.66 Å². The molecule has 0 atom stereocenters. The van der Waals surface area contributed by atoms with Crippen LogP contribution < -0.4 is 9.66 Å². The number of nitrogens with one attached hydrogen (secondary N) is 2. The van der Waals surface area contributed by atoms with Gasteiger partial charge in [0, 0.05) is 5.02 Å². The fraction of sp³-hybridized carbons (Fsp3) is 0.0769. The summed E-state index contributed by atoms with van der Waals surface area (Å²) in [4.78, 5) is 3.19. The Labute approximate surface area is 144 Å². The number of rotatable bonds is 5. The van der Waals surface area contributed by atoms with Crippen LogP contribution in [0.25, 0.3) is 0 Å². The summed E-state index contributed by atoms with van der Waals surface area (Å²) in [5, 5.41) is 0.0626. The molecule has 0 saturated heterocycles. The molecule has 2 N–H and O–H groups in total. The van der Waals surface area contributed by atoms with E-state index in [0.717, 1.165) is 11.6 Å². The van der Waals surface area contributed by atoms with E-state index in [0.29, 0.717) is 0 Å². The minimum Gasteiger partial charge on any atom is -0.206 e. The highest BCUT2D eigenvalue weighted by Gasteiger charge is 2.22. The third kappa shape index (κ3) is 4.43. The summed E-state index contributed by atoms with van der Waals surface area (Å²) in [6.07, 6.45) is 0. The normalized spacial score (nSPS) is 12.3. The lowest BCUT2D eigenvalue weighted by molar-refractivity contribution is 0.557. The second-order valence-electron chi connectivity index (χ2n) is 4.60. The fourth-order valence-corrected chi connectivity index (χ4v) is 4.49. The van der Waals surface area contributed by atoms with E-state index < -0.39 is 20.0 Å². The van der Waals surface area contributed by atoms with Gasteiger partial charge in [0.25, 0.3) is 20.0 Å². The topological polar surface area (TPSA) is 92.3 Å². The van der Waals surface area contributed by atoms with Crippen molar-refractivity contribution in [2.75, 3.05) is 0 Å². The summed E-state index contributed by atoms with van der Waals surface area (Å²) in [6, 6.07) is 9.74. The summed E-state index contributed by atoms with van der Waals surface area (Å²) in [5.74, 6) is 0. The van der Waals surface area contributed by atoms with Gasteiger partial charge in [-0.2, -0.15) is 0 Å². The number of hydrogen-bond acceptors (Lipinski definition) is 4. The molecule has 124 valence electrons. The molecule has 0 amide bonds. The van der Waals surface area contributed by atoms with Gasteiger partial charge in [-0.25, -0.2) is 16.8 Å². The predicted octanol–water partition coefficient (Wildman–Crippen LogP) is 2.47. The molecule has 0 aliphatic rings. The molecule has 6 nitrogen and oxygen atoms in total. The van der Waals surface area contributed by atoms with E-state index in [1.165, 1.54) is 24.3 Å². The van der Waals surface area contributed by atoms with Crippen LogP contribution in [-0.4, -0.2) is 16.8 Å². The molecule has 0 aliphatic carbocycles. The highest BCUT2D eigenvalue weighted by Crippen LogP contribution is 2.24. The predicted molar refractivity (Wildman–Crippen MR) is 88.3 cm³/mol. The van der Waals surface area contributed by atoms with Crippen molar-refractivity contribution < 1.29 is 16.8 Å². The number of benzene rings is 2. The number of hydrogen-bond donors (Lipinski definition) is 2. The van der Waals surface area contributed by atoms with Crippen LogP contribution in [0.15, 0.2) is 52.3 Å². The van der Waals surface area contributed by atoms with Crippen LogP contribution >= 0.6 is 23.2 Å². The average molecular weight is 395 g/mol. The summed E-state index contributed by atoms with van der Waals surface area (Å²) in [5.41, 5.74) is 0.871. The quantitative estimate of drug-likeness (QED) is 0.761. The van der Waals surface area contributed by atoms with Crippen molar-refractivity contribution in [2.24, 2.45) is 0 Å². The van der Waals surface area contributed by atoms with E-state index in [1.54, 1.807) is 23.9 Å². The first-order valence-electron chi connectivity index (χ1n) is 6.17. The molecule has 2 rings (SSSR count). The van der Waals surface area contributed by atoms with Gasteiger partial charge in [-0.1, -0.05) is 40.9 Å². The van der Waals surface area contributed by atoms with E-state index in [4.69, 9.17) is 23.2 Å². The van der Waals surface area contributed by atoms with Gasteiger partial charge in [-0.3, -0.25) is 0 Å². The number of halogens is 2. The first-order chi connectivity index (χ1) is 10.6. The van der Waals surface area contributed by atoms with Crippen LogP contribution in [0.3, 0.4) is 0 Å². The Bertz CT molecular complexity index is 927. The molecule has 0 unspecified atom stereocenters. The minimum atomic E-state index is -4.22. The van der Waals surface area contributed by atoms with Gasteiger partial charge in [0.15, 0.2) is 0 Å². The highest BCUT2D eigenvalue weighted by molar-refractivity contribution is 7.92. The van der Waals surface area contributed by atoms with Crippen LogP contribution in [0, 0.1) is 6.92 Å². The van der Waals surface area contributed by atoms with Crippen molar-refractivity contribution in [3.8, 4) is 0 Å². The molecular weight excluding hydrogens is 383 g/mol. The molecule has 0 heterocycles. The molecule has 10 heteroatoms. The first kappa shape index (κ1) is 18.2. The van der Waals surface area contributed by atoms with Gasteiger partial charge in [-0.15, -0.1) is 9.66 Å². The van der Waals surface area contributed by atoms with Gasteiger partial charge in [0.2, 0.25) is 0 Å². The lowest BCUT2D eigenvalue weighted by atomic mass is 10.2. The van der Waals surface area contributed by atoms with Crippen LogP contribution in [0.4, 0.5) is 0 Å². The minimum absolute atomic E-state index is 0.0806. The number of aryl methyl sites for hydroxylation is 1. The summed E-state index contributed by atoms with van der Waals surface area (Å²) >= 11 is 11.5. The van der Waals surface area contributed by atoms with Gasteiger partial charge in [-0.05, 0) is 37.3 Å². The Kier molecular flexibility index (Phi) is 5.34. The molecule has 23 heavy (non-hydrogen) atoms. The van der Waals surface area contributed by atoms with Crippen LogP contribution in [0.5, 0.6) is 0 Å². The fourth-order valence-electron chi connectivity index (χ4n) is 1.62. The molecular formula is C13H12Cl2N2O4S2. The monoisotopic (exact) mass is 394 g/mol. The maximum absolute atomic E-state index is 12.2. The van der Waals surface area contributed by atoms with Gasteiger partial charge in [0.05, 0.1) is 9.92 Å². The number of sulfonamides is 2. The summed E-state index contributed by atoms with van der Waals surface area (Å²) in [6.45, 7) is 1.80. The maximum atomic E-state index is 12.2. The third-order valence-corrected chi connectivity index (χ3v) is 6.18. The summed E-state index contributed by atoms with van der Waals surface area (Å²) < 4.78 is 48.5. The Morgan fingerprint density at radius 2 is 1.39 bits per heavy atom. The Morgan fingerprint density at radius 3 is 2.00 bits per heavy atom. The van der Waals surface area contributed by atoms with Crippen LogP contribution in [0.2, 0.25) is 10.0 Å². The van der Waals surface area contributed by atoms with Gasteiger partial charge < -0.3 is 0 Å². The molecule has 0 aromatic heterocycles. The molecule has 0 bridgehead atoms. The molecule has 0 fully saturated rings. The Balaban J connectivity index is 2.25. The second-order valence-corrected chi connectivity index (χ2v) is 8.78. The maximum Gasteiger partial charge on any atom is 0.255 e. The molecule has 0 aliphatic heterocycles. The van der Waals surface area contributed by atoms with E-state index >= 15 is 0 Å². The Morgan fingerprint density at radius 1 is 0.826 bits per heavy atom. The van der Waals surface area contributed by atoms with Crippen LogP contribution in [0.1, 0.15) is 5.56 Å². The van der Waals surface area contributed by atoms with E-state index in [1.807, 2.05) is 4.83 Å². The van der Waals surface area contributed by atoms with E-state index in [-0.39, 0.29) is 19.8 Å². The second kappa shape index (κ2) is 6.76. The van der Waals surface area contributed by atoms with Crippen molar-refractivity contribution in [3.05, 3.63) is 58.1 Å². The molecule has 2 aromatic rings. The lowest BCUT2D eigenvalue weighted by Crippen LogP contribution is -2.41. The molecule has 2 aromatic carbocycles. The number of hydrazine groups is 1. The van der Waals surface area contributed by atoms with Gasteiger partial charge in [0.1, 0.15) is 4.90 Å². The van der Waals surface area contributed by atoms with Gasteiger partial charge >= 0.3 is 0 Å². The van der Waals surface area contributed by atoms with Crippen LogP contribution in [-0.2, 0) is 20.0 Å². The standard InChI is InChI=1S/C13H12Cl2N2O4S2/c1-9-2-5-11(6-3-9)22(18,19)16-17-23(20,21)13-8-10(14)4-7-12(13)15/h2-8,16-17H,1H3. The zero-order valence-electron chi connectivity index (χ0n) is 11.7. The molecule has 0 saturated carbocycles. The zero-order valence-corrected chi connectivity index (χ0v) is 14.9. The molecule has 0 spiro atoms. The van der Waals surface area contributed by atoms with Crippen molar-refractivity contribution in [2.45, 2.75) is 16.7 Å². The SMILES string of the molecule is Cc1ccc(S(=O)(=O)NNS(=O)(=O)c2cc(Cl)ccc2Cl)cc1. The van der Waals surface area contributed by atoms with Crippen molar-refractivity contribution in [3.63, 3.8) is 0 Å². The van der Waals surface area contributed by atoms with E-state index in [9.17, 15) is 16.8 Å². The largest absolute Gasteiger partial charge is 0.255 e. The molecule has 0 radical (unpaired) electrons. The van der Waals surface area contributed by atoms with Crippen molar-refractivity contribution in [1.29, 1.82) is 0 Å². The summed E-state index contributed by atoms with van der Waals surface area (Å²) in [7, 11) is -8.28. The smallest absolute Gasteiger partial charge is 0.206 e. The first-order valence-corrected chi connectivity index (χ1v) is 9.89. The highest BCUT2D eigenvalue weighted by atomic mass is 35.5. The third-order valence-electron chi connectivity index (χ3n) is 2.82.